The Balaban J connectivity index is 1.90. The van der Waals surface area contributed by atoms with Crippen molar-refractivity contribution in [2.24, 2.45) is 11.7 Å². The third-order valence-corrected chi connectivity index (χ3v) is 4.03. The molecular weight excluding hydrogens is 311 g/mol. The molecule has 2 heterocycles. The van der Waals surface area contributed by atoms with Crippen molar-refractivity contribution in [1.82, 2.24) is 9.97 Å². The number of carbonyl (C=O) groups excluding carboxylic acids is 1. The smallest absolute Gasteiger partial charge is 0.307 e. The van der Waals surface area contributed by atoms with Gasteiger partial charge in [0.1, 0.15) is 0 Å². The molecule has 0 aliphatic carbocycles. The molecule has 0 amide bonds. The number of halogens is 2. The molecule has 1 aromatic rings. The first kappa shape index (κ1) is 16.9. The highest BCUT2D eigenvalue weighted by atomic mass is 35.5. The monoisotopic (exact) mass is 330 g/mol. The fraction of sp³-hybridized carbons (Fsp3) is 0.643. The maximum absolute atomic E-state index is 13.8. The fourth-order valence-corrected chi connectivity index (χ4v) is 2.81. The standard InChI is InChI=1S/C14H20ClFN4O2/c1-2-22-12(21)7-11(17)9-3-5-20(6-4-9)13-10(16)8-18-14(15)19-13/h8-9,11H,2-7,17H2,1H3. The molecule has 1 atom stereocenters. The number of esters is 1. The van der Waals surface area contributed by atoms with E-state index in [2.05, 4.69) is 9.97 Å². The topological polar surface area (TPSA) is 81.3 Å². The minimum Gasteiger partial charge on any atom is -0.466 e. The van der Waals surface area contributed by atoms with Crippen LogP contribution in [0.1, 0.15) is 26.2 Å². The Kier molecular flexibility index (Phi) is 5.90. The summed E-state index contributed by atoms with van der Waals surface area (Å²) < 4.78 is 18.7. The van der Waals surface area contributed by atoms with E-state index in [0.717, 1.165) is 19.0 Å². The van der Waals surface area contributed by atoms with Gasteiger partial charge in [-0.2, -0.15) is 4.98 Å². The molecule has 2 N–H and O–H groups in total. The lowest BCUT2D eigenvalue weighted by atomic mass is 9.88. The molecule has 1 unspecified atom stereocenters. The van der Waals surface area contributed by atoms with Crippen LogP contribution in [0.2, 0.25) is 5.28 Å². The lowest BCUT2D eigenvalue weighted by molar-refractivity contribution is -0.143. The molecule has 22 heavy (non-hydrogen) atoms. The SMILES string of the molecule is CCOC(=O)CC(N)C1CCN(c2nc(Cl)ncc2F)CC1. The number of aromatic nitrogens is 2. The minimum atomic E-state index is -0.487. The summed E-state index contributed by atoms with van der Waals surface area (Å²) in [4.78, 5) is 20.8. The molecule has 1 aromatic heterocycles. The highest BCUT2D eigenvalue weighted by molar-refractivity contribution is 6.28. The molecule has 0 saturated carbocycles. The van der Waals surface area contributed by atoms with Gasteiger partial charge < -0.3 is 15.4 Å². The molecule has 0 radical (unpaired) electrons. The molecule has 2 rings (SSSR count). The van der Waals surface area contributed by atoms with Gasteiger partial charge >= 0.3 is 5.97 Å². The van der Waals surface area contributed by atoms with Crippen LogP contribution in [0.5, 0.6) is 0 Å². The maximum Gasteiger partial charge on any atom is 0.307 e. The van der Waals surface area contributed by atoms with Gasteiger partial charge in [-0.05, 0) is 37.3 Å². The number of hydrogen-bond donors (Lipinski definition) is 1. The van der Waals surface area contributed by atoms with Crippen LogP contribution in [-0.4, -0.2) is 41.7 Å². The lowest BCUT2D eigenvalue weighted by Gasteiger charge is -2.35. The molecular formula is C14H20ClFN4O2. The highest BCUT2D eigenvalue weighted by Crippen LogP contribution is 2.26. The van der Waals surface area contributed by atoms with Crippen molar-refractivity contribution in [2.45, 2.75) is 32.2 Å². The third-order valence-electron chi connectivity index (χ3n) is 3.85. The van der Waals surface area contributed by atoms with E-state index in [9.17, 15) is 9.18 Å². The van der Waals surface area contributed by atoms with E-state index in [4.69, 9.17) is 22.1 Å². The minimum absolute atomic E-state index is 0.0255. The van der Waals surface area contributed by atoms with Gasteiger partial charge in [0.2, 0.25) is 5.28 Å². The Bertz CT molecular complexity index is 524. The van der Waals surface area contributed by atoms with Crippen LogP contribution in [0.25, 0.3) is 0 Å². The van der Waals surface area contributed by atoms with Gasteiger partial charge in [0.15, 0.2) is 11.6 Å². The van der Waals surface area contributed by atoms with Crippen LogP contribution in [-0.2, 0) is 9.53 Å². The average molecular weight is 331 g/mol. The molecule has 1 saturated heterocycles. The van der Waals surface area contributed by atoms with Gasteiger partial charge in [-0.25, -0.2) is 9.37 Å². The van der Waals surface area contributed by atoms with Crippen molar-refractivity contribution in [2.75, 3.05) is 24.6 Å². The summed E-state index contributed by atoms with van der Waals surface area (Å²) in [5.41, 5.74) is 6.08. The van der Waals surface area contributed by atoms with Gasteiger partial charge in [0.05, 0.1) is 19.2 Å². The van der Waals surface area contributed by atoms with Gasteiger partial charge in [0.25, 0.3) is 0 Å². The number of nitrogens with zero attached hydrogens (tertiary/aromatic N) is 3. The second-order valence-electron chi connectivity index (χ2n) is 5.31. The second-order valence-corrected chi connectivity index (χ2v) is 5.65. The molecule has 0 bridgehead atoms. The molecule has 8 heteroatoms. The van der Waals surface area contributed by atoms with Crippen molar-refractivity contribution >= 4 is 23.4 Å². The van der Waals surface area contributed by atoms with Crippen LogP contribution in [0.3, 0.4) is 0 Å². The van der Waals surface area contributed by atoms with Crippen LogP contribution in [0.4, 0.5) is 10.2 Å². The molecule has 1 aliphatic rings. The number of rotatable bonds is 5. The van der Waals surface area contributed by atoms with Crippen LogP contribution in [0.15, 0.2) is 6.20 Å². The molecule has 1 fully saturated rings. The summed E-state index contributed by atoms with van der Waals surface area (Å²) in [5, 5.41) is 0.0255. The maximum atomic E-state index is 13.8. The third kappa shape index (κ3) is 4.27. The van der Waals surface area contributed by atoms with Crippen LogP contribution < -0.4 is 10.6 Å². The number of nitrogens with two attached hydrogens (primary N) is 1. The predicted octanol–water partition coefficient (Wildman–Crippen LogP) is 1.77. The van der Waals surface area contributed by atoms with Crippen molar-refractivity contribution in [3.63, 3.8) is 0 Å². The number of ether oxygens (including phenoxy) is 1. The normalized spacial score (nSPS) is 17.4. The molecule has 0 aromatic carbocycles. The Morgan fingerprint density at radius 2 is 2.27 bits per heavy atom. The predicted molar refractivity (Wildman–Crippen MR) is 81.2 cm³/mol. The Labute approximate surface area is 133 Å². The van der Waals surface area contributed by atoms with E-state index < -0.39 is 5.82 Å². The average Bonchev–Trinajstić information content (AvgIpc) is 2.50. The summed E-state index contributed by atoms with van der Waals surface area (Å²) in [6.07, 6.45) is 2.82. The second kappa shape index (κ2) is 7.69. The quantitative estimate of drug-likeness (QED) is 0.654. The zero-order valence-corrected chi connectivity index (χ0v) is 13.2. The largest absolute Gasteiger partial charge is 0.466 e. The first-order valence-electron chi connectivity index (χ1n) is 7.35. The van der Waals surface area contributed by atoms with Gasteiger partial charge in [0, 0.05) is 19.1 Å². The lowest BCUT2D eigenvalue weighted by Crippen LogP contribution is -2.42. The summed E-state index contributed by atoms with van der Waals surface area (Å²) >= 11 is 5.72. The summed E-state index contributed by atoms with van der Waals surface area (Å²) in [6, 6.07) is -0.236. The molecule has 122 valence electrons. The van der Waals surface area contributed by atoms with Gasteiger partial charge in [-0.3, -0.25) is 4.79 Å². The zero-order valence-electron chi connectivity index (χ0n) is 12.5. The Morgan fingerprint density at radius 1 is 1.59 bits per heavy atom. The fourth-order valence-electron chi connectivity index (χ4n) is 2.68. The highest BCUT2D eigenvalue weighted by Gasteiger charge is 2.28. The van der Waals surface area contributed by atoms with E-state index >= 15 is 0 Å². The number of carbonyl (C=O) groups is 1. The summed E-state index contributed by atoms with van der Waals surface area (Å²) in [5.74, 6) is -0.330. The van der Waals surface area contributed by atoms with Gasteiger partial charge in [-0.1, -0.05) is 0 Å². The van der Waals surface area contributed by atoms with E-state index in [1.54, 1.807) is 6.92 Å². The van der Waals surface area contributed by atoms with Crippen molar-refractivity contribution in [1.29, 1.82) is 0 Å². The van der Waals surface area contributed by atoms with E-state index in [0.29, 0.717) is 19.7 Å². The number of anilines is 1. The van der Waals surface area contributed by atoms with E-state index in [1.165, 1.54) is 0 Å². The number of hydrogen-bond acceptors (Lipinski definition) is 6. The van der Waals surface area contributed by atoms with Crippen molar-refractivity contribution < 1.29 is 13.9 Å². The zero-order chi connectivity index (χ0) is 16.1. The van der Waals surface area contributed by atoms with E-state index in [-0.39, 0.29) is 35.5 Å². The van der Waals surface area contributed by atoms with Crippen LogP contribution >= 0.6 is 11.6 Å². The number of piperidine rings is 1. The van der Waals surface area contributed by atoms with E-state index in [1.807, 2.05) is 4.90 Å². The molecule has 6 nitrogen and oxygen atoms in total. The van der Waals surface area contributed by atoms with Crippen LogP contribution in [0, 0.1) is 11.7 Å². The van der Waals surface area contributed by atoms with Gasteiger partial charge in [-0.15, -0.1) is 0 Å². The summed E-state index contributed by atoms with van der Waals surface area (Å²) in [6.45, 7) is 3.36. The molecule has 1 aliphatic heterocycles. The Hall–Kier alpha value is -1.47. The summed E-state index contributed by atoms with van der Waals surface area (Å²) in [7, 11) is 0. The van der Waals surface area contributed by atoms with Crippen molar-refractivity contribution in [3.8, 4) is 0 Å². The Morgan fingerprint density at radius 3 is 2.91 bits per heavy atom. The van der Waals surface area contributed by atoms with Crippen molar-refractivity contribution in [3.05, 3.63) is 17.3 Å². The first-order valence-corrected chi connectivity index (χ1v) is 7.73. The molecule has 0 spiro atoms. The first-order chi connectivity index (χ1) is 10.5.